The van der Waals surface area contributed by atoms with E-state index in [0.717, 1.165) is 0 Å². The van der Waals surface area contributed by atoms with Crippen LogP contribution in [0.4, 0.5) is 17.6 Å². The molecule has 0 saturated carbocycles. The van der Waals surface area contributed by atoms with E-state index in [9.17, 15) is 17.6 Å². The summed E-state index contributed by atoms with van der Waals surface area (Å²) in [5.74, 6) is -6.84. The van der Waals surface area contributed by atoms with Gasteiger partial charge in [-0.1, -0.05) is 12.2 Å². The number of quaternary nitrogens is 1. The first-order valence-electron chi connectivity index (χ1n) is 5.39. The summed E-state index contributed by atoms with van der Waals surface area (Å²) in [5.41, 5.74) is 3.76. The Morgan fingerprint density at radius 2 is 1.47 bits per heavy atom. The van der Waals surface area contributed by atoms with Gasteiger partial charge in [-0.05, 0) is 0 Å². The van der Waals surface area contributed by atoms with Crippen molar-refractivity contribution in [3.8, 4) is 0 Å². The molecule has 4 rings (SSSR count). The Morgan fingerprint density at radius 3 is 2.06 bits per heavy atom. The highest BCUT2D eigenvalue weighted by Gasteiger charge is 2.43. The molecule has 0 spiro atoms. The Bertz CT molecular complexity index is 538. The maximum absolute atomic E-state index is 13.7. The minimum atomic E-state index is -1.73. The Balaban J connectivity index is 2.36. The molecule has 0 unspecified atom stereocenters. The van der Waals surface area contributed by atoms with Gasteiger partial charge in [-0.15, -0.1) is 0 Å². The summed E-state index contributed by atoms with van der Waals surface area (Å²) in [6.07, 6.45) is 3.96. The van der Waals surface area contributed by atoms with E-state index >= 15 is 0 Å². The second-order valence-corrected chi connectivity index (χ2v) is 4.60. The fourth-order valence-electron chi connectivity index (χ4n) is 2.86. The molecule has 90 valence electrons. The number of benzene rings is 1. The fourth-order valence-corrected chi connectivity index (χ4v) is 2.86. The summed E-state index contributed by atoms with van der Waals surface area (Å²) in [7, 11) is 0. The number of hydrogen-bond donors (Lipinski definition) is 1. The molecule has 3 aliphatic carbocycles. The van der Waals surface area contributed by atoms with Crippen LogP contribution in [0.3, 0.4) is 0 Å². The molecular weight excluding hydrogens is 234 g/mol. The highest BCUT2D eigenvalue weighted by Crippen LogP contribution is 2.47. The van der Waals surface area contributed by atoms with Crippen LogP contribution < -0.4 is 5.73 Å². The van der Waals surface area contributed by atoms with Crippen LogP contribution in [0.1, 0.15) is 29.4 Å². The van der Waals surface area contributed by atoms with Gasteiger partial charge in [0.1, 0.15) is 0 Å². The van der Waals surface area contributed by atoms with Crippen LogP contribution in [-0.4, -0.2) is 6.04 Å². The average Bonchev–Trinajstić information content (AvgIpc) is 2.33. The monoisotopic (exact) mass is 244 g/mol. The zero-order valence-electron chi connectivity index (χ0n) is 8.81. The largest absolute Gasteiger partial charge is 0.354 e. The van der Waals surface area contributed by atoms with Gasteiger partial charge < -0.3 is 5.73 Å². The van der Waals surface area contributed by atoms with E-state index in [2.05, 4.69) is 5.73 Å². The molecule has 17 heavy (non-hydrogen) atoms. The summed E-state index contributed by atoms with van der Waals surface area (Å²) in [4.78, 5) is 0. The van der Waals surface area contributed by atoms with Crippen LogP contribution in [0.5, 0.6) is 0 Å². The third kappa shape index (κ3) is 1.23. The zero-order valence-corrected chi connectivity index (χ0v) is 8.81. The number of rotatable bonds is 0. The molecule has 0 radical (unpaired) electrons. The molecule has 3 N–H and O–H groups in total. The molecular formula is C12H10F4N+. The standard InChI is InChI=1S/C12H9F4N/c13-9-7-4-1-2-5(6(17)3-4)8(7)10(14)12(16)11(9)15/h1-2,4-6H,3,17H2/p+1/t4-,5+,6+/m0/s1. The molecule has 0 amide bonds. The molecule has 0 heterocycles. The van der Waals surface area contributed by atoms with E-state index in [1.807, 2.05) is 0 Å². The predicted octanol–water partition coefficient (Wildman–Crippen LogP) is 1.99. The van der Waals surface area contributed by atoms with Crippen LogP contribution in [0.2, 0.25) is 0 Å². The predicted molar refractivity (Wildman–Crippen MR) is 52.2 cm³/mol. The van der Waals surface area contributed by atoms with Crippen LogP contribution in [0.15, 0.2) is 12.2 Å². The van der Waals surface area contributed by atoms with Gasteiger partial charge in [0.15, 0.2) is 23.3 Å². The summed E-state index contributed by atoms with van der Waals surface area (Å²) >= 11 is 0. The maximum Gasteiger partial charge on any atom is 0.197 e. The van der Waals surface area contributed by atoms with Crippen molar-refractivity contribution in [3.05, 3.63) is 46.5 Å². The molecule has 3 atom stereocenters. The van der Waals surface area contributed by atoms with E-state index < -0.39 is 35.1 Å². The third-order valence-electron chi connectivity index (χ3n) is 3.66. The lowest BCUT2D eigenvalue weighted by Crippen LogP contribution is -2.65. The molecule has 5 heteroatoms. The molecule has 0 saturated heterocycles. The van der Waals surface area contributed by atoms with E-state index in [0.29, 0.717) is 6.42 Å². The topological polar surface area (TPSA) is 27.6 Å². The third-order valence-corrected chi connectivity index (χ3v) is 3.66. The normalized spacial score (nSPS) is 29.6. The lowest BCUT2D eigenvalue weighted by atomic mass is 9.68. The minimum Gasteiger partial charge on any atom is -0.354 e. The van der Waals surface area contributed by atoms with Crippen molar-refractivity contribution >= 4 is 0 Å². The van der Waals surface area contributed by atoms with Crippen LogP contribution in [0, 0.1) is 23.3 Å². The molecule has 0 aliphatic heterocycles. The lowest BCUT2D eigenvalue weighted by Gasteiger charge is -2.36. The van der Waals surface area contributed by atoms with Crippen molar-refractivity contribution in [1.82, 2.24) is 0 Å². The van der Waals surface area contributed by atoms with Crippen molar-refractivity contribution in [2.24, 2.45) is 0 Å². The Labute approximate surface area is 94.9 Å². The Hall–Kier alpha value is -1.36. The number of halogens is 4. The van der Waals surface area contributed by atoms with E-state index in [4.69, 9.17) is 0 Å². The highest BCUT2D eigenvalue weighted by atomic mass is 19.2. The molecule has 1 aromatic carbocycles. The number of fused-ring (bicyclic) bond motifs is 1. The van der Waals surface area contributed by atoms with Crippen molar-refractivity contribution in [2.45, 2.75) is 24.3 Å². The fraction of sp³-hybridized carbons (Fsp3) is 0.333. The van der Waals surface area contributed by atoms with Gasteiger partial charge >= 0.3 is 0 Å². The van der Waals surface area contributed by atoms with Crippen LogP contribution in [0.25, 0.3) is 0 Å². The molecule has 1 nitrogen and oxygen atoms in total. The van der Waals surface area contributed by atoms with E-state index in [1.165, 1.54) is 0 Å². The summed E-state index contributed by atoms with van der Waals surface area (Å²) < 4.78 is 53.8. The highest BCUT2D eigenvalue weighted by molar-refractivity contribution is 5.47. The minimum absolute atomic E-state index is 0.0335. The Morgan fingerprint density at radius 1 is 0.882 bits per heavy atom. The van der Waals surface area contributed by atoms with Gasteiger partial charge in [0.05, 0.1) is 12.0 Å². The van der Waals surface area contributed by atoms with Gasteiger partial charge in [-0.2, -0.15) is 0 Å². The second kappa shape index (κ2) is 3.32. The molecule has 2 bridgehead atoms. The van der Waals surface area contributed by atoms with Crippen molar-refractivity contribution in [2.75, 3.05) is 0 Å². The maximum atomic E-state index is 13.7. The first-order valence-corrected chi connectivity index (χ1v) is 5.39. The van der Waals surface area contributed by atoms with Crippen molar-refractivity contribution < 1.29 is 23.3 Å². The van der Waals surface area contributed by atoms with Gasteiger partial charge in [-0.3, -0.25) is 0 Å². The summed E-state index contributed by atoms with van der Waals surface area (Å²) in [5, 5.41) is 0. The number of allylic oxidation sites excluding steroid dienone is 1. The van der Waals surface area contributed by atoms with Crippen molar-refractivity contribution in [1.29, 1.82) is 0 Å². The molecule has 0 aromatic heterocycles. The van der Waals surface area contributed by atoms with Gasteiger partial charge in [-0.25, -0.2) is 17.6 Å². The average molecular weight is 244 g/mol. The number of hydrogen-bond acceptors (Lipinski definition) is 0. The van der Waals surface area contributed by atoms with Gasteiger partial charge in [0.2, 0.25) is 0 Å². The first kappa shape index (κ1) is 10.8. The quantitative estimate of drug-likeness (QED) is 0.313. The Kier molecular flexibility index (Phi) is 2.10. The van der Waals surface area contributed by atoms with Gasteiger partial charge in [0.25, 0.3) is 0 Å². The first-order chi connectivity index (χ1) is 8.02. The van der Waals surface area contributed by atoms with Crippen molar-refractivity contribution in [3.63, 3.8) is 0 Å². The summed E-state index contributed by atoms with van der Waals surface area (Å²) in [6.45, 7) is 0. The zero-order chi connectivity index (χ0) is 12.3. The summed E-state index contributed by atoms with van der Waals surface area (Å²) in [6, 6.07) is -0.128. The van der Waals surface area contributed by atoms with E-state index in [1.54, 1.807) is 12.2 Å². The van der Waals surface area contributed by atoms with Gasteiger partial charge in [0, 0.05) is 23.5 Å². The molecule has 1 aromatic rings. The smallest absolute Gasteiger partial charge is 0.197 e. The van der Waals surface area contributed by atoms with Crippen LogP contribution >= 0.6 is 0 Å². The SMILES string of the molecule is [NH3+][C@@H]1C[C@@H]2C=C[C@H]1c1c(F)c(F)c(F)c(F)c12. The van der Waals surface area contributed by atoms with E-state index in [-0.39, 0.29) is 17.2 Å². The van der Waals surface area contributed by atoms with Crippen LogP contribution in [-0.2, 0) is 0 Å². The molecule has 3 aliphatic rings. The lowest BCUT2D eigenvalue weighted by molar-refractivity contribution is -0.427. The second-order valence-electron chi connectivity index (χ2n) is 4.60. The molecule has 0 fully saturated rings.